The molecule has 0 unspecified atom stereocenters. The first kappa shape index (κ1) is 17.2. The smallest absolute Gasteiger partial charge is 0.129 e. The lowest BCUT2D eigenvalue weighted by atomic mass is 10.1. The summed E-state index contributed by atoms with van der Waals surface area (Å²) in [5.74, 6) is 0.318. The highest BCUT2D eigenvalue weighted by Crippen LogP contribution is 2.05. The normalized spacial score (nSPS) is 11.7. The molecule has 0 aromatic rings. The van der Waals surface area contributed by atoms with Gasteiger partial charge in [-0.05, 0) is 45.4 Å². The maximum atomic E-state index is 10.7. The molecular formula is C17H30O. The molecule has 0 spiro atoms. The zero-order valence-electron chi connectivity index (χ0n) is 12.3. The molecule has 1 heteroatoms. The largest absolute Gasteiger partial charge is 0.300 e. The Balaban J connectivity index is 3.20. The Morgan fingerprint density at radius 1 is 0.833 bits per heavy atom. The van der Waals surface area contributed by atoms with E-state index < -0.39 is 0 Å². The number of allylic oxidation sites excluding steroid dienone is 4. The third kappa shape index (κ3) is 15.1. The van der Waals surface area contributed by atoms with Gasteiger partial charge in [0.1, 0.15) is 5.78 Å². The van der Waals surface area contributed by atoms with E-state index in [-0.39, 0.29) is 0 Å². The zero-order valence-corrected chi connectivity index (χ0v) is 12.3. The maximum absolute atomic E-state index is 10.7. The van der Waals surface area contributed by atoms with Crippen molar-refractivity contribution in [2.75, 3.05) is 0 Å². The van der Waals surface area contributed by atoms with Crippen molar-refractivity contribution in [2.24, 2.45) is 0 Å². The van der Waals surface area contributed by atoms with Crippen LogP contribution in [-0.2, 0) is 4.79 Å². The lowest BCUT2D eigenvalue weighted by Crippen LogP contribution is -1.88. The SMILES string of the molecule is CCCCC/C=C\C/C=C\CCCCCC(C)=O. The van der Waals surface area contributed by atoms with E-state index in [0.29, 0.717) is 5.78 Å². The molecule has 0 aliphatic rings. The third-order valence-corrected chi connectivity index (χ3v) is 2.98. The van der Waals surface area contributed by atoms with E-state index in [1.54, 1.807) is 6.92 Å². The summed E-state index contributed by atoms with van der Waals surface area (Å²) < 4.78 is 0. The van der Waals surface area contributed by atoms with Crippen molar-refractivity contribution in [1.82, 2.24) is 0 Å². The van der Waals surface area contributed by atoms with Gasteiger partial charge in [-0.3, -0.25) is 0 Å². The average Bonchev–Trinajstić information content (AvgIpc) is 2.34. The van der Waals surface area contributed by atoms with Crippen LogP contribution in [0.4, 0.5) is 0 Å². The summed E-state index contributed by atoms with van der Waals surface area (Å²) in [7, 11) is 0. The van der Waals surface area contributed by atoms with Crippen LogP contribution >= 0.6 is 0 Å². The number of rotatable bonds is 12. The summed E-state index contributed by atoms with van der Waals surface area (Å²) in [4.78, 5) is 10.7. The van der Waals surface area contributed by atoms with Crippen LogP contribution in [-0.4, -0.2) is 5.78 Å². The number of hydrogen-bond donors (Lipinski definition) is 0. The second kappa shape index (κ2) is 14.2. The number of carbonyl (C=O) groups excluding carboxylic acids is 1. The van der Waals surface area contributed by atoms with Crippen LogP contribution in [0.2, 0.25) is 0 Å². The highest BCUT2D eigenvalue weighted by atomic mass is 16.1. The number of ketones is 1. The molecule has 0 radical (unpaired) electrons. The van der Waals surface area contributed by atoms with Gasteiger partial charge in [0.25, 0.3) is 0 Å². The lowest BCUT2D eigenvalue weighted by Gasteiger charge is -1.95. The Hall–Kier alpha value is -0.850. The molecule has 0 rings (SSSR count). The Bertz CT molecular complexity index is 238. The Kier molecular flexibility index (Phi) is 13.5. The van der Waals surface area contributed by atoms with Crippen LogP contribution in [0.3, 0.4) is 0 Å². The number of Topliss-reactive ketones (excluding diaryl/α,β-unsaturated/α-hetero) is 1. The van der Waals surface area contributed by atoms with Gasteiger partial charge >= 0.3 is 0 Å². The van der Waals surface area contributed by atoms with E-state index in [2.05, 4.69) is 31.2 Å². The topological polar surface area (TPSA) is 17.1 Å². The molecule has 0 aliphatic heterocycles. The maximum Gasteiger partial charge on any atom is 0.129 e. The molecule has 0 N–H and O–H groups in total. The van der Waals surface area contributed by atoms with Gasteiger partial charge in [0.15, 0.2) is 0 Å². The minimum atomic E-state index is 0.318. The van der Waals surface area contributed by atoms with Crippen LogP contribution in [0.25, 0.3) is 0 Å². The molecule has 0 heterocycles. The number of unbranched alkanes of at least 4 members (excludes halogenated alkanes) is 6. The molecule has 0 atom stereocenters. The van der Waals surface area contributed by atoms with Crippen molar-refractivity contribution < 1.29 is 4.79 Å². The predicted molar refractivity (Wildman–Crippen MR) is 80.8 cm³/mol. The molecule has 104 valence electrons. The molecule has 0 aromatic carbocycles. The molecule has 0 saturated carbocycles. The summed E-state index contributed by atoms with van der Waals surface area (Å²) in [6, 6.07) is 0. The van der Waals surface area contributed by atoms with Crippen LogP contribution in [0.15, 0.2) is 24.3 Å². The van der Waals surface area contributed by atoms with E-state index in [4.69, 9.17) is 0 Å². The van der Waals surface area contributed by atoms with Gasteiger partial charge in [0, 0.05) is 6.42 Å². The van der Waals surface area contributed by atoms with Gasteiger partial charge in [-0.2, -0.15) is 0 Å². The lowest BCUT2D eigenvalue weighted by molar-refractivity contribution is -0.117. The quantitative estimate of drug-likeness (QED) is 0.325. The molecule has 0 amide bonds. The van der Waals surface area contributed by atoms with Gasteiger partial charge in [-0.25, -0.2) is 0 Å². The van der Waals surface area contributed by atoms with E-state index >= 15 is 0 Å². The molecule has 18 heavy (non-hydrogen) atoms. The Morgan fingerprint density at radius 3 is 2.00 bits per heavy atom. The van der Waals surface area contributed by atoms with E-state index in [1.165, 1.54) is 38.5 Å². The monoisotopic (exact) mass is 250 g/mol. The predicted octanol–water partition coefficient (Wildman–Crippen LogP) is 5.61. The first-order chi connectivity index (χ1) is 8.77. The van der Waals surface area contributed by atoms with Crippen molar-refractivity contribution in [1.29, 1.82) is 0 Å². The Labute approximate surface area is 113 Å². The van der Waals surface area contributed by atoms with Crippen LogP contribution in [0, 0.1) is 0 Å². The summed E-state index contributed by atoms with van der Waals surface area (Å²) in [5.41, 5.74) is 0. The third-order valence-electron chi connectivity index (χ3n) is 2.98. The molecular weight excluding hydrogens is 220 g/mol. The van der Waals surface area contributed by atoms with Crippen molar-refractivity contribution in [2.45, 2.75) is 78.1 Å². The van der Waals surface area contributed by atoms with Crippen molar-refractivity contribution in [3.05, 3.63) is 24.3 Å². The van der Waals surface area contributed by atoms with Gasteiger partial charge in [-0.15, -0.1) is 0 Å². The molecule has 0 bridgehead atoms. The molecule has 1 nitrogen and oxygen atoms in total. The van der Waals surface area contributed by atoms with E-state index in [0.717, 1.165) is 25.7 Å². The van der Waals surface area contributed by atoms with Crippen molar-refractivity contribution >= 4 is 5.78 Å². The highest BCUT2D eigenvalue weighted by Gasteiger charge is 1.92. The summed E-state index contributed by atoms with van der Waals surface area (Å²) in [6.07, 6.45) is 20.7. The number of hydrogen-bond acceptors (Lipinski definition) is 1. The zero-order chi connectivity index (χ0) is 13.5. The fourth-order valence-electron chi connectivity index (χ4n) is 1.83. The van der Waals surface area contributed by atoms with Gasteiger partial charge in [0.2, 0.25) is 0 Å². The second-order valence-corrected chi connectivity index (χ2v) is 4.98. The second-order valence-electron chi connectivity index (χ2n) is 4.98. The average molecular weight is 250 g/mol. The summed E-state index contributed by atoms with van der Waals surface area (Å²) >= 11 is 0. The van der Waals surface area contributed by atoms with Crippen LogP contribution < -0.4 is 0 Å². The van der Waals surface area contributed by atoms with Gasteiger partial charge in [0.05, 0.1) is 0 Å². The summed E-state index contributed by atoms with van der Waals surface area (Å²) in [5, 5.41) is 0. The number of carbonyl (C=O) groups is 1. The van der Waals surface area contributed by atoms with Crippen molar-refractivity contribution in [3.63, 3.8) is 0 Å². The van der Waals surface area contributed by atoms with E-state index in [1.807, 2.05) is 0 Å². The fourth-order valence-corrected chi connectivity index (χ4v) is 1.83. The highest BCUT2D eigenvalue weighted by molar-refractivity contribution is 5.75. The molecule has 0 fully saturated rings. The van der Waals surface area contributed by atoms with Crippen LogP contribution in [0.1, 0.15) is 78.1 Å². The standard InChI is InChI=1S/C17H30O/c1-3-4-5-6-7-8-9-10-11-12-13-14-15-16-17(2)18/h7-8,10-11H,3-6,9,12-16H2,1-2H3/b8-7-,11-10-. The van der Waals surface area contributed by atoms with Gasteiger partial charge < -0.3 is 4.79 Å². The van der Waals surface area contributed by atoms with Crippen LogP contribution in [0.5, 0.6) is 0 Å². The van der Waals surface area contributed by atoms with E-state index in [9.17, 15) is 4.79 Å². The fraction of sp³-hybridized carbons (Fsp3) is 0.706. The molecule has 0 aliphatic carbocycles. The molecule has 0 aromatic heterocycles. The van der Waals surface area contributed by atoms with Crippen molar-refractivity contribution in [3.8, 4) is 0 Å². The van der Waals surface area contributed by atoms with Gasteiger partial charge in [-0.1, -0.05) is 50.5 Å². The first-order valence-corrected chi connectivity index (χ1v) is 7.56. The first-order valence-electron chi connectivity index (χ1n) is 7.56. The molecule has 0 saturated heterocycles. The minimum absolute atomic E-state index is 0.318. The summed E-state index contributed by atoms with van der Waals surface area (Å²) in [6.45, 7) is 3.91. The Morgan fingerprint density at radius 2 is 1.44 bits per heavy atom. The minimum Gasteiger partial charge on any atom is -0.300 e.